The highest BCUT2D eigenvalue weighted by atomic mass is 35.5. The minimum Gasteiger partial charge on any atom is -0.378 e. The van der Waals surface area contributed by atoms with Gasteiger partial charge >= 0.3 is 0 Å². The molecule has 1 unspecified atom stereocenters. The molecule has 1 saturated heterocycles. The fraction of sp³-hybridized carbons (Fsp3) is 0.538. The molecule has 1 amide bonds. The quantitative estimate of drug-likeness (QED) is 0.843. The highest BCUT2D eigenvalue weighted by molar-refractivity contribution is 6.30. The van der Waals surface area contributed by atoms with Gasteiger partial charge in [-0.1, -0.05) is 6.07 Å². The van der Waals surface area contributed by atoms with E-state index < -0.39 is 5.38 Å². The summed E-state index contributed by atoms with van der Waals surface area (Å²) in [6.07, 6.45) is 0. The summed E-state index contributed by atoms with van der Waals surface area (Å²) in [5.41, 5.74) is 0.828. The van der Waals surface area contributed by atoms with Crippen molar-refractivity contribution in [1.29, 1.82) is 0 Å². The standard InChI is InChI=1S/C13H18ClN3O2/c1-10(14)13(18)15-9-11-3-2-4-12(16-11)17-5-7-19-8-6-17/h2-4,10H,5-9H2,1H3,(H,15,18). The number of nitrogens with zero attached hydrogens (tertiary/aromatic N) is 2. The number of rotatable bonds is 4. The molecule has 0 aliphatic carbocycles. The second kappa shape index (κ2) is 6.73. The molecule has 1 aliphatic heterocycles. The minimum atomic E-state index is -0.526. The molecule has 0 saturated carbocycles. The molecule has 19 heavy (non-hydrogen) atoms. The van der Waals surface area contributed by atoms with Crippen LogP contribution < -0.4 is 10.2 Å². The Hall–Kier alpha value is -1.33. The maximum atomic E-state index is 11.4. The van der Waals surface area contributed by atoms with E-state index in [0.717, 1.165) is 37.8 Å². The van der Waals surface area contributed by atoms with Crippen molar-refractivity contribution < 1.29 is 9.53 Å². The molecule has 6 heteroatoms. The van der Waals surface area contributed by atoms with Crippen LogP contribution in [-0.4, -0.2) is 42.6 Å². The number of nitrogens with one attached hydrogen (secondary N) is 1. The molecule has 2 heterocycles. The van der Waals surface area contributed by atoms with Gasteiger partial charge in [-0.05, 0) is 19.1 Å². The van der Waals surface area contributed by atoms with Crippen LogP contribution >= 0.6 is 11.6 Å². The average Bonchev–Trinajstić information content (AvgIpc) is 2.46. The lowest BCUT2D eigenvalue weighted by Gasteiger charge is -2.28. The van der Waals surface area contributed by atoms with Crippen molar-refractivity contribution in [2.24, 2.45) is 0 Å². The van der Waals surface area contributed by atoms with Gasteiger partial charge in [0, 0.05) is 13.1 Å². The number of anilines is 1. The second-order valence-corrected chi connectivity index (χ2v) is 5.08. The molecule has 0 radical (unpaired) electrons. The summed E-state index contributed by atoms with van der Waals surface area (Å²) in [6.45, 7) is 5.20. The third-order valence-corrected chi connectivity index (χ3v) is 3.13. The largest absolute Gasteiger partial charge is 0.378 e. The van der Waals surface area contributed by atoms with Crippen molar-refractivity contribution >= 4 is 23.3 Å². The second-order valence-electron chi connectivity index (χ2n) is 4.42. The number of carbonyl (C=O) groups is 1. The van der Waals surface area contributed by atoms with Gasteiger partial charge in [0.25, 0.3) is 0 Å². The van der Waals surface area contributed by atoms with E-state index >= 15 is 0 Å². The first-order chi connectivity index (χ1) is 9.16. The Balaban J connectivity index is 1.96. The summed E-state index contributed by atoms with van der Waals surface area (Å²) < 4.78 is 5.32. The zero-order chi connectivity index (χ0) is 13.7. The number of hydrogen-bond acceptors (Lipinski definition) is 4. The Morgan fingerprint density at radius 1 is 1.53 bits per heavy atom. The van der Waals surface area contributed by atoms with Crippen LogP contribution in [-0.2, 0) is 16.1 Å². The van der Waals surface area contributed by atoms with Gasteiger partial charge in [-0.3, -0.25) is 4.79 Å². The van der Waals surface area contributed by atoms with Crippen LogP contribution in [0.2, 0.25) is 0 Å². The molecule has 1 N–H and O–H groups in total. The van der Waals surface area contributed by atoms with Crippen LogP contribution in [0.1, 0.15) is 12.6 Å². The normalized spacial score (nSPS) is 17.1. The number of ether oxygens (including phenoxy) is 1. The summed E-state index contributed by atoms with van der Waals surface area (Å²) in [5.74, 6) is 0.745. The molecule has 5 nitrogen and oxygen atoms in total. The number of amides is 1. The van der Waals surface area contributed by atoms with Gasteiger partial charge in [0.2, 0.25) is 5.91 Å². The summed E-state index contributed by atoms with van der Waals surface area (Å²) in [5, 5.41) is 2.23. The van der Waals surface area contributed by atoms with Crippen molar-refractivity contribution in [3.63, 3.8) is 0 Å². The first-order valence-electron chi connectivity index (χ1n) is 6.37. The molecule has 1 aromatic rings. The van der Waals surface area contributed by atoms with E-state index in [2.05, 4.69) is 15.2 Å². The number of hydrogen-bond donors (Lipinski definition) is 1. The zero-order valence-corrected chi connectivity index (χ0v) is 11.7. The highest BCUT2D eigenvalue weighted by Crippen LogP contribution is 2.13. The molecular weight excluding hydrogens is 266 g/mol. The Kier molecular flexibility index (Phi) is 4.99. The minimum absolute atomic E-state index is 0.180. The monoisotopic (exact) mass is 283 g/mol. The first kappa shape index (κ1) is 14.1. The summed E-state index contributed by atoms with van der Waals surface area (Å²) >= 11 is 5.69. The molecule has 1 fully saturated rings. The fourth-order valence-electron chi connectivity index (χ4n) is 1.85. The molecule has 1 aliphatic rings. The predicted molar refractivity (Wildman–Crippen MR) is 74.4 cm³/mol. The molecule has 1 aromatic heterocycles. The third kappa shape index (κ3) is 4.08. The Labute approximate surface area is 117 Å². The summed E-state index contributed by atoms with van der Waals surface area (Å²) in [6, 6.07) is 5.81. The van der Waals surface area contributed by atoms with Gasteiger partial charge in [0.1, 0.15) is 11.2 Å². The van der Waals surface area contributed by atoms with Crippen molar-refractivity contribution in [3.8, 4) is 0 Å². The van der Waals surface area contributed by atoms with Crippen molar-refractivity contribution in [2.75, 3.05) is 31.2 Å². The maximum Gasteiger partial charge on any atom is 0.238 e. The molecule has 1 atom stereocenters. The van der Waals surface area contributed by atoms with Gasteiger partial charge in [0.05, 0.1) is 25.5 Å². The van der Waals surface area contributed by atoms with Crippen LogP contribution in [0, 0.1) is 0 Å². The van der Waals surface area contributed by atoms with E-state index in [-0.39, 0.29) is 5.91 Å². The van der Waals surface area contributed by atoms with Crippen LogP contribution in [0.15, 0.2) is 18.2 Å². The molecule has 0 aromatic carbocycles. The van der Waals surface area contributed by atoms with E-state index in [1.807, 2.05) is 18.2 Å². The van der Waals surface area contributed by atoms with Crippen molar-refractivity contribution in [2.45, 2.75) is 18.8 Å². The summed E-state index contributed by atoms with van der Waals surface area (Å²) in [7, 11) is 0. The lowest BCUT2D eigenvalue weighted by atomic mass is 10.3. The number of morpholine rings is 1. The molecular formula is C13H18ClN3O2. The van der Waals surface area contributed by atoms with E-state index in [0.29, 0.717) is 6.54 Å². The molecule has 0 bridgehead atoms. The summed E-state index contributed by atoms with van der Waals surface area (Å²) in [4.78, 5) is 18.1. The fourth-order valence-corrected chi connectivity index (χ4v) is 1.93. The topological polar surface area (TPSA) is 54.5 Å². The molecule has 2 rings (SSSR count). The lowest BCUT2D eigenvalue weighted by Crippen LogP contribution is -2.37. The zero-order valence-electron chi connectivity index (χ0n) is 10.9. The van der Waals surface area contributed by atoms with Crippen molar-refractivity contribution in [3.05, 3.63) is 23.9 Å². The average molecular weight is 284 g/mol. The number of carbonyl (C=O) groups excluding carboxylic acids is 1. The Morgan fingerprint density at radius 3 is 2.95 bits per heavy atom. The molecule has 0 spiro atoms. The highest BCUT2D eigenvalue weighted by Gasteiger charge is 2.13. The Morgan fingerprint density at radius 2 is 2.26 bits per heavy atom. The van der Waals surface area contributed by atoms with Gasteiger partial charge in [-0.25, -0.2) is 4.98 Å². The van der Waals surface area contributed by atoms with E-state index in [1.54, 1.807) is 6.92 Å². The van der Waals surface area contributed by atoms with Crippen LogP contribution in [0.3, 0.4) is 0 Å². The first-order valence-corrected chi connectivity index (χ1v) is 6.81. The SMILES string of the molecule is CC(Cl)C(=O)NCc1cccc(N2CCOCC2)n1. The van der Waals surface area contributed by atoms with Crippen LogP contribution in [0.4, 0.5) is 5.82 Å². The third-order valence-electron chi connectivity index (χ3n) is 2.93. The van der Waals surface area contributed by atoms with E-state index in [4.69, 9.17) is 16.3 Å². The number of aromatic nitrogens is 1. The van der Waals surface area contributed by atoms with Crippen molar-refractivity contribution in [1.82, 2.24) is 10.3 Å². The number of pyridine rings is 1. The lowest BCUT2D eigenvalue weighted by molar-refractivity contribution is -0.120. The predicted octanol–water partition coefficient (Wildman–Crippen LogP) is 1.16. The van der Waals surface area contributed by atoms with E-state index in [1.165, 1.54) is 0 Å². The van der Waals surface area contributed by atoms with Gasteiger partial charge in [0.15, 0.2) is 0 Å². The van der Waals surface area contributed by atoms with Gasteiger partial charge < -0.3 is 15.0 Å². The van der Waals surface area contributed by atoms with Gasteiger partial charge in [-0.2, -0.15) is 0 Å². The van der Waals surface area contributed by atoms with Crippen LogP contribution in [0.25, 0.3) is 0 Å². The molecule has 104 valence electrons. The van der Waals surface area contributed by atoms with Gasteiger partial charge in [-0.15, -0.1) is 11.6 Å². The maximum absolute atomic E-state index is 11.4. The smallest absolute Gasteiger partial charge is 0.238 e. The number of halogens is 1. The number of alkyl halides is 1. The Bertz CT molecular complexity index is 434. The van der Waals surface area contributed by atoms with Crippen LogP contribution in [0.5, 0.6) is 0 Å². The van der Waals surface area contributed by atoms with E-state index in [9.17, 15) is 4.79 Å².